The van der Waals surface area contributed by atoms with Crippen LogP contribution in [0.5, 0.6) is 0 Å². The van der Waals surface area contributed by atoms with E-state index in [1.807, 2.05) is 41.3 Å². The van der Waals surface area contributed by atoms with Gasteiger partial charge in [-0.25, -0.2) is 0 Å². The third-order valence-corrected chi connectivity index (χ3v) is 5.85. The van der Waals surface area contributed by atoms with Gasteiger partial charge in [0.2, 0.25) is 0 Å². The van der Waals surface area contributed by atoms with Crippen LogP contribution in [0.4, 0.5) is 5.82 Å². The first-order chi connectivity index (χ1) is 15.3. The fraction of sp³-hybridized carbons (Fsp3) is 0.192. The molecule has 31 heavy (non-hydrogen) atoms. The first kappa shape index (κ1) is 19.2. The molecule has 0 spiro atoms. The topological polar surface area (TPSA) is 49.3 Å². The summed E-state index contributed by atoms with van der Waals surface area (Å²) in [5.41, 5.74) is 2.96. The lowest BCUT2D eigenvalue weighted by molar-refractivity contribution is 0.0746. The Morgan fingerprint density at radius 2 is 1.32 bits per heavy atom. The second kappa shape index (κ2) is 8.56. The first-order valence-corrected chi connectivity index (χ1v) is 10.7. The summed E-state index contributed by atoms with van der Waals surface area (Å²) in [4.78, 5) is 16.9. The minimum absolute atomic E-state index is 0.0920. The Kier molecular flexibility index (Phi) is 5.31. The standard InChI is InChI=1S/C26H24N4O/c31-26(21-11-5-2-6-12-21)30-17-15-29(16-18-30)25-23-14-8-7-13-22(23)24(27-28-25)19-20-9-3-1-4-10-20/h1-14H,15-19H2. The van der Waals surface area contributed by atoms with Gasteiger partial charge in [-0.1, -0.05) is 72.8 Å². The molecule has 5 nitrogen and oxygen atoms in total. The summed E-state index contributed by atoms with van der Waals surface area (Å²) >= 11 is 0. The molecular weight excluding hydrogens is 384 g/mol. The van der Waals surface area contributed by atoms with E-state index in [-0.39, 0.29) is 5.91 Å². The van der Waals surface area contributed by atoms with Crippen molar-refractivity contribution in [3.63, 3.8) is 0 Å². The number of amides is 1. The molecule has 1 fully saturated rings. The maximum absolute atomic E-state index is 12.8. The quantitative estimate of drug-likeness (QED) is 0.508. The van der Waals surface area contributed by atoms with Crippen LogP contribution in [0.25, 0.3) is 10.8 Å². The molecule has 1 amide bonds. The summed E-state index contributed by atoms with van der Waals surface area (Å²) in [6.45, 7) is 2.84. The number of carbonyl (C=O) groups excluding carboxylic acids is 1. The van der Waals surface area contributed by atoms with E-state index in [0.717, 1.165) is 47.4 Å². The second-order valence-corrected chi connectivity index (χ2v) is 7.82. The van der Waals surface area contributed by atoms with Crippen molar-refractivity contribution in [3.8, 4) is 0 Å². The number of nitrogens with zero attached hydrogens (tertiary/aromatic N) is 4. The van der Waals surface area contributed by atoms with Gasteiger partial charge in [-0.2, -0.15) is 5.10 Å². The Morgan fingerprint density at radius 1 is 0.710 bits per heavy atom. The normalized spacial score (nSPS) is 14.1. The van der Waals surface area contributed by atoms with Crippen LogP contribution >= 0.6 is 0 Å². The molecule has 0 radical (unpaired) electrons. The maximum atomic E-state index is 12.8. The van der Waals surface area contributed by atoms with Gasteiger partial charge in [0.1, 0.15) is 0 Å². The molecule has 1 aliphatic rings. The molecule has 154 valence electrons. The van der Waals surface area contributed by atoms with Gasteiger partial charge in [-0.05, 0) is 17.7 Å². The largest absolute Gasteiger partial charge is 0.351 e. The number of carbonyl (C=O) groups is 1. The molecule has 2 heterocycles. The summed E-state index contributed by atoms with van der Waals surface area (Å²) in [5, 5.41) is 11.5. The third kappa shape index (κ3) is 3.99. The predicted octanol–water partition coefficient (Wildman–Crippen LogP) is 4.18. The monoisotopic (exact) mass is 408 g/mol. The lowest BCUT2D eigenvalue weighted by Gasteiger charge is -2.35. The van der Waals surface area contributed by atoms with E-state index in [1.165, 1.54) is 5.56 Å². The molecule has 4 aromatic rings. The molecule has 0 saturated carbocycles. The van der Waals surface area contributed by atoms with E-state index in [4.69, 9.17) is 0 Å². The van der Waals surface area contributed by atoms with E-state index in [2.05, 4.69) is 63.6 Å². The summed E-state index contributed by atoms with van der Waals surface area (Å²) in [6, 6.07) is 28.2. The van der Waals surface area contributed by atoms with E-state index >= 15 is 0 Å². The Hall–Kier alpha value is -3.73. The van der Waals surface area contributed by atoms with Crippen molar-refractivity contribution >= 4 is 22.5 Å². The lowest BCUT2D eigenvalue weighted by Crippen LogP contribution is -2.49. The molecular formula is C26H24N4O. The van der Waals surface area contributed by atoms with Crippen LogP contribution in [0, 0.1) is 0 Å². The molecule has 0 N–H and O–H groups in total. The number of fused-ring (bicyclic) bond motifs is 1. The van der Waals surface area contributed by atoms with Crippen LogP contribution in [-0.4, -0.2) is 47.2 Å². The van der Waals surface area contributed by atoms with Crippen LogP contribution in [-0.2, 0) is 6.42 Å². The van der Waals surface area contributed by atoms with E-state index in [1.54, 1.807) is 0 Å². The summed E-state index contributed by atoms with van der Waals surface area (Å²) < 4.78 is 0. The van der Waals surface area contributed by atoms with Crippen LogP contribution in [0.1, 0.15) is 21.6 Å². The van der Waals surface area contributed by atoms with Gasteiger partial charge in [0.15, 0.2) is 5.82 Å². The lowest BCUT2D eigenvalue weighted by atomic mass is 10.0. The summed E-state index contributed by atoms with van der Waals surface area (Å²) in [7, 11) is 0. The number of benzene rings is 3. The van der Waals surface area contributed by atoms with E-state index in [9.17, 15) is 4.79 Å². The van der Waals surface area contributed by atoms with Gasteiger partial charge in [0.25, 0.3) is 5.91 Å². The minimum atomic E-state index is 0.0920. The molecule has 0 atom stereocenters. The van der Waals surface area contributed by atoms with E-state index in [0.29, 0.717) is 13.1 Å². The highest BCUT2D eigenvalue weighted by molar-refractivity contribution is 5.95. The molecule has 0 bridgehead atoms. The van der Waals surface area contributed by atoms with Crippen molar-refractivity contribution in [2.24, 2.45) is 0 Å². The molecule has 1 saturated heterocycles. The van der Waals surface area contributed by atoms with Gasteiger partial charge in [-0.3, -0.25) is 4.79 Å². The van der Waals surface area contributed by atoms with Crippen molar-refractivity contribution in [3.05, 3.63) is 102 Å². The van der Waals surface area contributed by atoms with Gasteiger partial charge < -0.3 is 9.80 Å². The Morgan fingerprint density at radius 3 is 2.03 bits per heavy atom. The highest BCUT2D eigenvalue weighted by Crippen LogP contribution is 2.28. The van der Waals surface area contributed by atoms with Crippen LogP contribution < -0.4 is 4.90 Å². The zero-order valence-electron chi connectivity index (χ0n) is 17.3. The minimum Gasteiger partial charge on any atom is -0.351 e. The van der Waals surface area contributed by atoms with Crippen molar-refractivity contribution in [1.29, 1.82) is 0 Å². The highest BCUT2D eigenvalue weighted by atomic mass is 16.2. The zero-order valence-corrected chi connectivity index (χ0v) is 17.3. The average molecular weight is 409 g/mol. The number of aromatic nitrogens is 2. The molecule has 1 aliphatic heterocycles. The van der Waals surface area contributed by atoms with Crippen LogP contribution in [0.2, 0.25) is 0 Å². The predicted molar refractivity (Wildman–Crippen MR) is 123 cm³/mol. The number of anilines is 1. The molecule has 3 aromatic carbocycles. The van der Waals surface area contributed by atoms with E-state index < -0.39 is 0 Å². The molecule has 5 heteroatoms. The van der Waals surface area contributed by atoms with Crippen molar-refractivity contribution in [2.45, 2.75) is 6.42 Å². The first-order valence-electron chi connectivity index (χ1n) is 10.7. The fourth-order valence-electron chi connectivity index (χ4n) is 4.18. The Labute approximate surface area is 182 Å². The van der Waals surface area contributed by atoms with Crippen molar-refractivity contribution in [2.75, 3.05) is 31.1 Å². The molecule has 1 aromatic heterocycles. The Balaban J connectivity index is 1.37. The summed E-state index contributed by atoms with van der Waals surface area (Å²) in [5.74, 6) is 0.994. The third-order valence-electron chi connectivity index (χ3n) is 5.85. The van der Waals surface area contributed by atoms with Gasteiger partial charge in [0, 0.05) is 48.9 Å². The average Bonchev–Trinajstić information content (AvgIpc) is 2.85. The Bertz CT molecular complexity index is 1190. The smallest absolute Gasteiger partial charge is 0.253 e. The van der Waals surface area contributed by atoms with Gasteiger partial charge in [0.05, 0.1) is 5.69 Å². The molecule has 0 aliphatic carbocycles. The number of hydrogen-bond donors (Lipinski definition) is 0. The molecule has 5 rings (SSSR count). The maximum Gasteiger partial charge on any atom is 0.253 e. The fourth-order valence-corrected chi connectivity index (χ4v) is 4.18. The molecule has 0 unspecified atom stereocenters. The zero-order chi connectivity index (χ0) is 21.0. The van der Waals surface area contributed by atoms with Gasteiger partial charge >= 0.3 is 0 Å². The highest BCUT2D eigenvalue weighted by Gasteiger charge is 2.24. The van der Waals surface area contributed by atoms with Crippen LogP contribution in [0.3, 0.4) is 0 Å². The number of piperazine rings is 1. The van der Waals surface area contributed by atoms with Crippen molar-refractivity contribution < 1.29 is 4.79 Å². The van der Waals surface area contributed by atoms with Gasteiger partial charge in [-0.15, -0.1) is 5.10 Å². The number of hydrogen-bond acceptors (Lipinski definition) is 4. The second-order valence-electron chi connectivity index (χ2n) is 7.82. The summed E-state index contributed by atoms with van der Waals surface area (Å²) in [6.07, 6.45) is 0.758. The number of rotatable bonds is 4. The van der Waals surface area contributed by atoms with Crippen molar-refractivity contribution in [1.82, 2.24) is 15.1 Å². The van der Waals surface area contributed by atoms with Crippen LogP contribution in [0.15, 0.2) is 84.9 Å². The SMILES string of the molecule is O=C(c1ccccc1)N1CCN(c2nnc(Cc3ccccc3)c3ccccc23)CC1.